The lowest BCUT2D eigenvalue weighted by molar-refractivity contribution is -0.133. The molecule has 1 unspecified atom stereocenters. The molecule has 2 aromatic carbocycles. The second-order valence-corrected chi connectivity index (χ2v) is 20.5. The van der Waals surface area contributed by atoms with Crippen LogP contribution >= 0.6 is 11.6 Å². The zero-order valence-corrected chi connectivity index (χ0v) is 45.6. The molecular formula is C52H79ClN14O7. The molecule has 22 heteroatoms. The fourth-order valence-corrected chi connectivity index (χ4v) is 8.33. The lowest BCUT2D eigenvalue weighted by Crippen LogP contribution is -2.50. The van der Waals surface area contributed by atoms with Gasteiger partial charge in [-0.1, -0.05) is 97.6 Å². The number of benzene rings is 2. The first-order valence-electron chi connectivity index (χ1n) is 25.4. The van der Waals surface area contributed by atoms with Gasteiger partial charge in [-0.25, -0.2) is 4.98 Å². The van der Waals surface area contributed by atoms with Gasteiger partial charge in [0.25, 0.3) is 0 Å². The number of nitrogens with one attached hydrogen (secondary N) is 6. The summed E-state index contributed by atoms with van der Waals surface area (Å²) in [4.78, 5) is 59.1. The Balaban J connectivity index is 1.27. The van der Waals surface area contributed by atoms with E-state index in [-0.39, 0.29) is 30.1 Å². The molecule has 0 saturated carbocycles. The van der Waals surface area contributed by atoms with Crippen LogP contribution in [0.1, 0.15) is 118 Å². The van der Waals surface area contributed by atoms with E-state index in [1.165, 1.54) is 0 Å². The maximum absolute atomic E-state index is 13.7. The van der Waals surface area contributed by atoms with Crippen molar-refractivity contribution in [1.29, 1.82) is 0 Å². The first-order valence-corrected chi connectivity index (χ1v) is 25.8. The number of halogens is 1. The Morgan fingerprint density at radius 1 is 0.878 bits per heavy atom. The summed E-state index contributed by atoms with van der Waals surface area (Å²) in [5.74, 6) is -0.423. The van der Waals surface area contributed by atoms with Crippen LogP contribution in [0.5, 0.6) is 0 Å². The number of ether oxygens (including phenoxy) is 1. The number of aromatic nitrogens is 6. The summed E-state index contributed by atoms with van der Waals surface area (Å²) >= 11 is 6.77. The van der Waals surface area contributed by atoms with Crippen LogP contribution in [0.15, 0.2) is 58.8 Å². The van der Waals surface area contributed by atoms with E-state index in [2.05, 4.69) is 69.3 Å². The zero-order chi connectivity index (χ0) is 54.4. The van der Waals surface area contributed by atoms with Gasteiger partial charge in [0, 0.05) is 25.1 Å². The molecule has 0 saturated heterocycles. The first-order chi connectivity index (χ1) is 35.2. The number of amides is 4. The van der Waals surface area contributed by atoms with E-state index < -0.39 is 53.9 Å². The van der Waals surface area contributed by atoms with Gasteiger partial charge in [-0.15, -0.1) is 10.2 Å². The summed E-state index contributed by atoms with van der Waals surface area (Å²) in [7, 11) is 1.98. The van der Waals surface area contributed by atoms with Crippen LogP contribution in [0.4, 0.5) is 0 Å². The minimum Gasteiger partial charge on any atom is -0.411 e. The predicted molar refractivity (Wildman–Crippen MR) is 286 cm³/mol. The predicted octanol–water partition coefficient (Wildman–Crippen LogP) is 5.74. The molecular weight excluding hydrogens is 968 g/mol. The van der Waals surface area contributed by atoms with E-state index in [4.69, 9.17) is 21.3 Å². The van der Waals surface area contributed by atoms with Crippen LogP contribution in [-0.2, 0) is 43.4 Å². The van der Waals surface area contributed by atoms with E-state index in [0.717, 1.165) is 53.8 Å². The third kappa shape index (κ3) is 18.6. The van der Waals surface area contributed by atoms with Gasteiger partial charge in [0.2, 0.25) is 29.5 Å². The number of carbonyl (C=O) groups excluding carboxylic acids is 4. The SMILES string of the molecule is CCCCc1nc(Cl)c(CNC(=O)[C@H](CC(C)C)NC(=O)CNC(=O)COCC(=O)NCCC(CCNC(C)(C)/C(C)=N/O)CCN(C)C(C)(C)/C(C)=N/O)n1Cc1ccc(-c2ccccc2-c2nn[nH]n2)cc1. The highest BCUT2D eigenvalue weighted by atomic mass is 35.5. The van der Waals surface area contributed by atoms with Crippen LogP contribution < -0.4 is 26.6 Å². The third-order valence-corrected chi connectivity index (χ3v) is 13.9. The summed E-state index contributed by atoms with van der Waals surface area (Å²) in [6.07, 6.45) is 5.15. The number of nitrogens with zero attached hydrogens (tertiary/aromatic N) is 8. The summed E-state index contributed by atoms with van der Waals surface area (Å²) in [6.45, 7) is 18.4. The molecule has 2 aromatic heterocycles. The van der Waals surface area contributed by atoms with Gasteiger partial charge in [0.05, 0.1) is 41.3 Å². The number of oxime groups is 2. The summed E-state index contributed by atoms with van der Waals surface area (Å²) in [6, 6.07) is 15.1. The van der Waals surface area contributed by atoms with Gasteiger partial charge in [-0.2, -0.15) is 5.21 Å². The summed E-state index contributed by atoms with van der Waals surface area (Å²) in [5, 5.41) is 54.8. The second kappa shape index (κ2) is 29.6. The van der Waals surface area contributed by atoms with E-state index >= 15 is 0 Å². The number of hydrogen-bond donors (Lipinski definition) is 8. The maximum Gasteiger partial charge on any atom is 0.246 e. The molecule has 406 valence electrons. The van der Waals surface area contributed by atoms with Crippen LogP contribution in [0.3, 0.4) is 0 Å². The molecule has 0 aliphatic rings. The monoisotopic (exact) mass is 1050 g/mol. The quantitative estimate of drug-likeness (QED) is 0.0165. The van der Waals surface area contributed by atoms with E-state index in [9.17, 15) is 29.6 Å². The van der Waals surface area contributed by atoms with Gasteiger partial charge >= 0.3 is 0 Å². The number of hydrogen-bond acceptors (Lipinski definition) is 15. The van der Waals surface area contributed by atoms with Crippen molar-refractivity contribution in [3.63, 3.8) is 0 Å². The van der Waals surface area contributed by atoms with Gasteiger partial charge in [0.1, 0.15) is 25.1 Å². The Morgan fingerprint density at radius 3 is 2.18 bits per heavy atom. The average Bonchev–Trinajstić information content (AvgIpc) is 4.02. The molecule has 0 radical (unpaired) electrons. The topological polar surface area (TPSA) is 278 Å². The Hall–Kier alpha value is -6.29. The maximum atomic E-state index is 13.7. The molecule has 0 bridgehead atoms. The Labute approximate surface area is 440 Å². The summed E-state index contributed by atoms with van der Waals surface area (Å²) in [5.41, 5.74) is 4.62. The molecule has 4 amide bonds. The first kappa shape index (κ1) is 60.3. The summed E-state index contributed by atoms with van der Waals surface area (Å²) < 4.78 is 7.41. The number of tetrazole rings is 1. The second-order valence-electron chi connectivity index (χ2n) is 20.2. The van der Waals surface area contributed by atoms with Gasteiger partial charge in [-0.05, 0) is 128 Å². The molecule has 4 aromatic rings. The number of aromatic amines is 1. The Bertz CT molecular complexity index is 2470. The van der Waals surface area contributed by atoms with Gasteiger partial charge < -0.3 is 46.3 Å². The van der Waals surface area contributed by atoms with Crippen molar-refractivity contribution in [2.75, 3.05) is 46.4 Å². The third-order valence-electron chi connectivity index (χ3n) is 13.6. The standard InChI is InChI=1S/C52H79ClN14O7/c1-11-12-17-44-59-48(53)43(67(44)31-38-18-20-39(21-19-38)40-15-13-14-16-41(40)49-60-64-65-61-49)29-56-50(71)42(28-34(2)3)58-45(68)30-55-47(70)33-74-32-46(69)54-25-22-37(23-26-57-51(6,7)35(4)62-72)24-27-66(10)52(8,9)36(5)63-73/h13-16,18-21,34,37,42,57,72-73H,11-12,17,22-33H2,1-10H3,(H,54,69)(H,55,70)(H,56,71)(H,58,68)(H,60,61,64,65)/b62-35+,63-36+/t37?,42-/m0/s1. The van der Waals surface area contributed by atoms with Crippen molar-refractivity contribution in [3.05, 3.63) is 70.8 Å². The molecule has 0 spiro atoms. The van der Waals surface area contributed by atoms with E-state index in [1.54, 1.807) is 13.8 Å². The van der Waals surface area contributed by atoms with Crippen molar-refractivity contribution in [3.8, 4) is 22.5 Å². The number of aryl methyl sites for hydroxylation is 1. The fraction of sp³-hybridized carbons (Fsp3) is 0.577. The average molecular weight is 1050 g/mol. The highest BCUT2D eigenvalue weighted by molar-refractivity contribution is 6.30. The van der Waals surface area contributed by atoms with Crippen molar-refractivity contribution in [2.45, 2.75) is 137 Å². The highest BCUT2D eigenvalue weighted by Crippen LogP contribution is 2.30. The number of unbranched alkanes of at least 4 members (excludes halogenated alkanes) is 1. The van der Waals surface area contributed by atoms with Crippen molar-refractivity contribution >= 4 is 46.7 Å². The fourth-order valence-electron chi connectivity index (χ4n) is 8.07. The molecule has 0 fully saturated rings. The van der Waals surface area contributed by atoms with Gasteiger partial charge in [0.15, 0.2) is 5.15 Å². The van der Waals surface area contributed by atoms with Crippen molar-refractivity contribution in [1.82, 2.24) is 61.7 Å². The van der Waals surface area contributed by atoms with Crippen molar-refractivity contribution < 1.29 is 34.3 Å². The number of rotatable bonds is 32. The lowest BCUT2D eigenvalue weighted by Gasteiger charge is -2.36. The highest BCUT2D eigenvalue weighted by Gasteiger charge is 2.29. The van der Waals surface area contributed by atoms with Crippen LogP contribution in [0.25, 0.3) is 22.5 Å². The lowest BCUT2D eigenvalue weighted by atomic mass is 9.93. The van der Waals surface area contributed by atoms with E-state index in [0.29, 0.717) is 68.4 Å². The minimum absolute atomic E-state index is 0.0470. The molecule has 2 heterocycles. The Morgan fingerprint density at radius 2 is 1.54 bits per heavy atom. The van der Waals surface area contributed by atoms with Crippen molar-refractivity contribution in [2.24, 2.45) is 22.1 Å². The molecule has 8 N–H and O–H groups in total. The molecule has 4 rings (SSSR count). The Kier molecular flexibility index (Phi) is 24.1. The van der Waals surface area contributed by atoms with Gasteiger partial charge in [-0.3, -0.25) is 24.1 Å². The molecule has 2 atom stereocenters. The molecule has 21 nitrogen and oxygen atoms in total. The normalized spacial score (nSPS) is 13.3. The van der Waals surface area contributed by atoms with E-state index in [1.807, 2.05) is 102 Å². The number of H-pyrrole nitrogens is 1. The molecule has 74 heavy (non-hydrogen) atoms. The molecule has 0 aliphatic carbocycles. The zero-order valence-electron chi connectivity index (χ0n) is 44.8. The number of imidazole rings is 1. The van der Waals surface area contributed by atoms with Crippen LogP contribution in [0.2, 0.25) is 5.15 Å². The minimum atomic E-state index is -0.901. The largest absolute Gasteiger partial charge is 0.411 e. The smallest absolute Gasteiger partial charge is 0.246 e. The molecule has 0 aliphatic heterocycles. The number of carbonyl (C=O) groups is 4. The van der Waals surface area contributed by atoms with Crippen LogP contribution in [0, 0.1) is 11.8 Å². The van der Waals surface area contributed by atoms with Crippen LogP contribution in [-0.4, -0.2) is 144 Å².